The Balaban J connectivity index is 2.40. The van der Waals surface area contributed by atoms with Crippen molar-refractivity contribution in [3.05, 3.63) is 0 Å². The zero-order chi connectivity index (χ0) is 12.0. The summed E-state index contributed by atoms with van der Waals surface area (Å²) >= 11 is 0. The van der Waals surface area contributed by atoms with Crippen LogP contribution in [0.2, 0.25) is 0 Å². The largest absolute Gasteiger partial charge is 0.381 e. The average molecular weight is 229 g/mol. The summed E-state index contributed by atoms with van der Waals surface area (Å²) in [6.07, 6.45) is 0.466. The van der Waals surface area contributed by atoms with E-state index in [1.54, 1.807) is 0 Å². The molecule has 1 unspecified atom stereocenters. The van der Waals surface area contributed by atoms with Crippen LogP contribution in [0.15, 0.2) is 0 Å². The summed E-state index contributed by atoms with van der Waals surface area (Å²) in [6, 6.07) is 0.160. The quantitative estimate of drug-likeness (QED) is 0.647. The smallest absolute Gasteiger partial charge is 0.225 e. The second kappa shape index (κ2) is 6.83. The molecule has 0 aromatic rings. The van der Waals surface area contributed by atoms with E-state index in [1.165, 1.54) is 0 Å². The Morgan fingerprint density at radius 2 is 2.25 bits per heavy atom. The van der Waals surface area contributed by atoms with Gasteiger partial charge in [-0.2, -0.15) is 0 Å². The molecule has 0 bridgehead atoms. The first-order chi connectivity index (χ1) is 7.69. The van der Waals surface area contributed by atoms with Gasteiger partial charge in [0.1, 0.15) is 0 Å². The van der Waals surface area contributed by atoms with Gasteiger partial charge in [-0.05, 0) is 14.0 Å². The third-order valence-electron chi connectivity index (χ3n) is 2.94. The summed E-state index contributed by atoms with van der Waals surface area (Å²) in [4.78, 5) is 16.0. The Hall–Kier alpha value is -0.650. The molecule has 1 saturated heterocycles. The maximum atomic E-state index is 11.9. The number of likely N-dealkylation sites (N-methyl/N-ethyl adjacent to an activating group) is 1. The summed E-state index contributed by atoms with van der Waals surface area (Å²) in [5, 5.41) is 0. The van der Waals surface area contributed by atoms with Gasteiger partial charge in [0.15, 0.2) is 0 Å². The van der Waals surface area contributed by atoms with E-state index < -0.39 is 0 Å². The van der Waals surface area contributed by atoms with Crippen molar-refractivity contribution in [1.29, 1.82) is 0 Å². The van der Waals surface area contributed by atoms with Crippen molar-refractivity contribution in [3.63, 3.8) is 0 Å². The molecule has 1 aliphatic heterocycles. The fraction of sp³-hybridized carbons (Fsp3) is 0.909. The number of carbonyl (C=O) groups excluding carboxylic acids is 1. The van der Waals surface area contributed by atoms with Gasteiger partial charge in [-0.25, -0.2) is 0 Å². The minimum absolute atomic E-state index is 0.160. The number of nitrogens with two attached hydrogens (primary N) is 1. The van der Waals surface area contributed by atoms with Crippen LogP contribution in [0.3, 0.4) is 0 Å². The second-order valence-electron chi connectivity index (χ2n) is 4.19. The molecule has 0 radical (unpaired) electrons. The standard InChI is InChI=1S/C11H23N3O2/c1-3-16-7-4-11(15)14-6-5-13(2)9-10(14)8-12/h10H,3-9,12H2,1-2H3. The third kappa shape index (κ3) is 3.73. The number of rotatable bonds is 5. The van der Waals surface area contributed by atoms with E-state index in [9.17, 15) is 4.79 Å². The number of ether oxygens (including phenoxy) is 1. The van der Waals surface area contributed by atoms with Crippen LogP contribution < -0.4 is 5.73 Å². The van der Waals surface area contributed by atoms with Crippen LogP contribution in [0.4, 0.5) is 0 Å². The van der Waals surface area contributed by atoms with Crippen LogP contribution in [0.1, 0.15) is 13.3 Å². The lowest BCUT2D eigenvalue weighted by Crippen LogP contribution is -2.56. The highest BCUT2D eigenvalue weighted by Crippen LogP contribution is 2.09. The Kier molecular flexibility index (Phi) is 5.73. The highest BCUT2D eigenvalue weighted by molar-refractivity contribution is 5.76. The molecule has 2 N–H and O–H groups in total. The zero-order valence-corrected chi connectivity index (χ0v) is 10.3. The topological polar surface area (TPSA) is 58.8 Å². The van der Waals surface area contributed by atoms with E-state index in [1.807, 2.05) is 11.8 Å². The maximum absolute atomic E-state index is 11.9. The molecule has 1 heterocycles. The molecule has 0 aromatic carbocycles. The molecule has 1 rings (SSSR count). The lowest BCUT2D eigenvalue weighted by Gasteiger charge is -2.39. The molecule has 1 amide bonds. The molecule has 1 aliphatic rings. The van der Waals surface area contributed by atoms with Crippen LogP contribution in [0.25, 0.3) is 0 Å². The highest BCUT2D eigenvalue weighted by atomic mass is 16.5. The maximum Gasteiger partial charge on any atom is 0.225 e. The van der Waals surface area contributed by atoms with Crippen molar-refractivity contribution in [2.24, 2.45) is 5.73 Å². The van der Waals surface area contributed by atoms with Crippen LogP contribution in [-0.2, 0) is 9.53 Å². The predicted molar refractivity (Wildman–Crippen MR) is 63.2 cm³/mol. The molecular weight excluding hydrogens is 206 g/mol. The molecule has 0 spiro atoms. The van der Waals surface area contributed by atoms with Gasteiger partial charge in [0.05, 0.1) is 19.1 Å². The van der Waals surface area contributed by atoms with Gasteiger partial charge < -0.3 is 20.3 Å². The number of amides is 1. The van der Waals surface area contributed by atoms with Gasteiger partial charge in [-0.3, -0.25) is 4.79 Å². The first-order valence-electron chi connectivity index (χ1n) is 5.94. The van der Waals surface area contributed by atoms with Crippen molar-refractivity contribution in [3.8, 4) is 0 Å². The third-order valence-corrected chi connectivity index (χ3v) is 2.94. The van der Waals surface area contributed by atoms with Gasteiger partial charge in [0, 0.05) is 32.8 Å². The molecular formula is C11H23N3O2. The molecule has 94 valence electrons. The highest BCUT2D eigenvalue weighted by Gasteiger charge is 2.27. The molecule has 0 saturated carbocycles. The van der Waals surface area contributed by atoms with E-state index in [2.05, 4.69) is 11.9 Å². The Morgan fingerprint density at radius 1 is 1.50 bits per heavy atom. The van der Waals surface area contributed by atoms with E-state index in [0.29, 0.717) is 26.2 Å². The molecule has 5 heteroatoms. The Bertz CT molecular complexity index is 223. The van der Waals surface area contributed by atoms with Crippen LogP contribution in [-0.4, -0.2) is 68.2 Å². The van der Waals surface area contributed by atoms with Gasteiger partial charge in [-0.1, -0.05) is 0 Å². The zero-order valence-electron chi connectivity index (χ0n) is 10.3. The van der Waals surface area contributed by atoms with Crippen molar-refractivity contribution in [2.75, 3.05) is 46.4 Å². The lowest BCUT2D eigenvalue weighted by atomic mass is 10.1. The number of carbonyl (C=O) groups is 1. The molecule has 5 nitrogen and oxygen atoms in total. The molecule has 1 fully saturated rings. The first kappa shape index (κ1) is 13.4. The molecule has 1 atom stereocenters. The molecule has 16 heavy (non-hydrogen) atoms. The lowest BCUT2D eigenvalue weighted by molar-refractivity contribution is -0.136. The molecule has 0 aromatic heterocycles. The van der Waals surface area contributed by atoms with Gasteiger partial charge >= 0.3 is 0 Å². The second-order valence-corrected chi connectivity index (χ2v) is 4.19. The fourth-order valence-electron chi connectivity index (χ4n) is 1.99. The first-order valence-corrected chi connectivity index (χ1v) is 5.94. The van der Waals surface area contributed by atoms with E-state index in [0.717, 1.165) is 19.6 Å². The number of nitrogens with zero attached hydrogens (tertiary/aromatic N) is 2. The SMILES string of the molecule is CCOCCC(=O)N1CCN(C)CC1CN. The number of piperazine rings is 1. The normalized spacial score (nSPS) is 22.4. The fourth-order valence-corrected chi connectivity index (χ4v) is 1.99. The predicted octanol–water partition coefficient (Wildman–Crippen LogP) is -0.486. The summed E-state index contributed by atoms with van der Waals surface area (Å²) in [7, 11) is 2.06. The molecule has 0 aliphatic carbocycles. The van der Waals surface area contributed by atoms with Crippen molar-refractivity contribution >= 4 is 5.91 Å². The van der Waals surface area contributed by atoms with Crippen LogP contribution >= 0.6 is 0 Å². The van der Waals surface area contributed by atoms with Crippen LogP contribution in [0.5, 0.6) is 0 Å². The van der Waals surface area contributed by atoms with E-state index >= 15 is 0 Å². The summed E-state index contributed by atoms with van der Waals surface area (Å²) < 4.78 is 5.20. The van der Waals surface area contributed by atoms with E-state index in [-0.39, 0.29) is 11.9 Å². The summed E-state index contributed by atoms with van der Waals surface area (Å²) in [6.45, 7) is 6.22. The minimum atomic E-state index is 0.160. The van der Waals surface area contributed by atoms with E-state index in [4.69, 9.17) is 10.5 Å². The summed E-state index contributed by atoms with van der Waals surface area (Å²) in [5.41, 5.74) is 5.70. The number of hydrogen-bond acceptors (Lipinski definition) is 4. The monoisotopic (exact) mass is 229 g/mol. The Morgan fingerprint density at radius 3 is 2.88 bits per heavy atom. The van der Waals surface area contributed by atoms with Crippen molar-refractivity contribution in [1.82, 2.24) is 9.80 Å². The van der Waals surface area contributed by atoms with Crippen LogP contribution in [0, 0.1) is 0 Å². The van der Waals surface area contributed by atoms with Crippen molar-refractivity contribution in [2.45, 2.75) is 19.4 Å². The van der Waals surface area contributed by atoms with Gasteiger partial charge in [0.25, 0.3) is 0 Å². The average Bonchev–Trinajstić information content (AvgIpc) is 2.29. The number of hydrogen-bond donors (Lipinski definition) is 1. The van der Waals surface area contributed by atoms with Gasteiger partial charge in [-0.15, -0.1) is 0 Å². The Labute approximate surface area is 97.5 Å². The van der Waals surface area contributed by atoms with Gasteiger partial charge in [0.2, 0.25) is 5.91 Å². The van der Waals surface area contributed by atoms with Crippen molar-refractivity contribution < 1.29 is 9.53 Å². The summed E-state index contributed by atoms with van der Waals surface area (Å²) in [5.74, 6) is 0.164. The minimum Gasteiger partial charge on any atom is -0.381 e.